The van der Waals surface area contributed by atoms with Gasteiger partial charge in [-0.15, -0.1) is 0 Å². The average molecular weight is 227 g/mol. The Labute approximate surface area is 96.6 Å². The normalized spacial score (nSPS) is 24.8. The molecule has 0 heterocycles. The third-order valence-electron chi connectivity index (χ3n) is 3.15. The highest BCUT2D eigenvalue weighted by atomic mass is 16.4. The molecular weight excluding hydrogens is 206 g/mol. The molecule has 0 aliphatic heterocycles. The zero-order valence-corrected chi connectivity index (χ0v) is 10.3. The number of carboxylic acid groups (broad SMARTS) is 1. The number of nitrogens with zero attached hydrogens (tertiary/aromatic N) is 1. The Morgan fingerprint density at radius 1 is 1.31 bits per heavy atom. The van der Waals surface area contributed by atoms with Crippen molar-refractivity contribution in [2.45, 2.75) is 33.1 Å². The van der Waals surface area contributed by atoms with E-state index in [2.05, 4.69) is 13.8 Å². The van der Waals surface area contributed by atoms with E-state index in [1.54, 1.807) is 11.9 Å². The molecule has 4 nitrogen and oxygen atoms in total. The Morgan fingerprint density at radius 3 is 2.31 bits per heavy atom. The molecule has 0 aromatic heterocycles. The summed E-state index contributed by atoms with van der Waals surface area (Å²) in [5.74, 6) is -0.601. The summed E-state index contributed by atoms with van der Waals surface area (Å²) in [5, 5.41) is 8.87. The number of carbonyl (C=O) groups is 2. The summed E-state index contributed by atoms with van der Waals surface area (Å²) in [4.78, 5) is 24.5. The number of hydrogen-bond acceptors (Lipinski definition) is 2. The third-order valence-corrected chi connectivity index (χ3v) is 3.15. The first-order chi connectivity index (χ1) is 7.41. The van der Waals surface area contributed by atoms with E-state index in [4.69, 9.17) is 5.11 Å². The molecule has 1 N–H and O–H groups in total. The number of rotatable bonds is 4. The maximum atomic E-state index is 12.0. The van der Waals surface area contributed by atoms with Crippen LogP contribution in [0.2, 0.25) is 0 Å². The fourth-order valence-corrected chi connectivity index (χ4v) is 2.38. The molecule has 1 saturated carbocycles. The summed E-state index contributed by atoms with van der Waals surface area (Å²) in [5.41, 5.74) is 0. The molecule has 1 aliphatic rings. The van der Waals surface area contributed by atoms with Gasteiger partial charge in [0, 0.05) is 19.5 Å². The van der Waals surface area contributed by atoms with Crippen molar-refractivity contribution in [2.75, 3.05) is 13.6 Å². The molecule has 92 valence electrons. The van der Waals surface area contributed by atoms with Gasteiger partial charge in [0.05, 0.1) is 5.92 Å². The molecule has 4 heteroatoms. The number of carbonyl (C=O) groups excluding carboxylic acids is 1. The van der Waals surface area contributed by atoms with Crippen molar-refractivity contribution >= 4 is 11.9 Å². The van der Waals surface area contributed by atoms with Crippen molar-refractivity contribution in [3.05, 3.63) is 0 Å². The predicted octanol–water partition coefficient (Wildman–Crippen LogP) is 1.60. The Morgan fingerprint density at radius 2 is 1.88 bits per heavy atom. The van der Waals surface area contributed by atoms with E-state index < -0.39 is 5.97 Å². The Bertz CT molecular complexity index is 275. The molecule has 2 unspecified atom stereocenters. The molecule has 0 radical (unpaired) electrons. The van der Waals surface area contributed by atoms with Gasteiger partial charge >= 0.3 is 5.97 Å². The lowest BCUT2D eigenvalue weighted by atomic mass is 10.0. The Kier molecular flexibility index (Phi) is 4.33. The first kappa shape index (κ1) is 13.0. The van der Waals surface area contributed by atoms with E-state index in [0.29, 0.717) is 18.8 Å². The van der Waals surface area contributed by atoms with E-state index in [1.807, 2.05) is 0 Å². The van der Waals surface area contributed by atoms with Crippen LogP contribution in [0.1, 0.15) is 33.1 Å². The monoisotopic (exact) mass is 227 g/mol. The highest BCUT2D eigenvalue weighted by molar-refractivity contribution is 5.80. The van der Waals surface area contributed by atoms with E-state index >= 15 is 0 Å². The third kappa shape index (κ3) is 3.22. The molecule has 0 aromatic carbocycles. The van der Waals surface area contributed by atoms with Gasteiger partial charge in [0.15, 0.2) is 0 Å². The van der Waals surface area contributed by atoms with Gasteiger partial charge in [-0.05, 0) is 25.2 Å². The van der Waals surface area contributed by atoms with Crippen LogP contribution in [0.5, 0.6) is 0 Å². The van der Waals surface area contributed by atoms with Gasteiger partial charge in [-0.25, -0.2) is 0 Å². The standard InChI is InChI=1S/C12H21NO3/c1-8(2)7-13(3)11(14)9-4-5-10(6-9)12(15)16/h8-10H,4-7H2,1-3H3,(H,15,16). The van der Waals surface area contributed by atoms with Crippen LogP contribution in [-0.2, 0) is 9.59 Å². The predicted molar refractivity (Wildman–Crippen MR) is 60.9 cm³/mol. The van der Waals surface area contributed by atoms with Gasteiger partial charge in [-0.2, -0.15) is 0 Å². The van der Waals surface area contributed by atoms with Gasteiger partial charge in [-0.3, -0.25) is 9.59 Å². The van der Waals surface area contributed by atoms with E-state index in [9.17, 15) is 9.59 Å². The summed E-state index contributed by atoms with van der Waals surface area (Å²) in [6, 6.07) is 0. The highest BCUT2D eigenvalue weighted by Crippen LogP contribution is 2.32. The quantitative estimate of drug-likeness (QED) is 0.793. The van der Waals surface area contributed by atoms with Crippen molar-refractivity contribution in [3.63, 3.8) is 0 Å². The second-order valence-electron chi connectivity index (χ2n) is 5.16. The number of aliphatic carboxylic acids is 1. The maximum Gasteiger partial charge on any atom is 0.306 e. The summed E-state index contributed by atoms with van der Waals surface area (Å²) in [6.07, 6.45) is 1.87. The summed E-state index contributed by atoms with van der Waals surface area (Å²) < 4.78 is 0. The molecule has 1 rings (SSSR count). The van der Waals surface area contributed by atoms with Gasteiger partial charge in [0.1, 0.15) is 0 Å². The zero-order valence-electron chi connectivity index (χ0n) is 10.3. The summed E-state index contributed by atoms with van der Waals surface area (Å²) >= 11 is 0. The largest absolute Gasteiger partial charge is 0.481 e. The first-order valence-corrected chi connectivity index (χ1v) is 5.89. The summed E-state index contributed by atoms with van der Waals surface area (Å²) in [6.45, 7) is 4.88. The fraction of sp³-hybridized carbons (Fsp3) is 0.833. The first-order valence-electron chi connectivity index (χ1n) is 5.89. The van der Waals surface area contributed by atoms with Gasteiger partial charge in [0.25, 0.3) is 0 Å². The molecule has 0 aromatic rings. The Hall–Kier alpha value is -1.06. The molecule has 1 aliphatic carbocycles. The van der Waals surface area contributed by atoms with Crippen molar-refractivity contribution in [3.8, 4) is 0 Å². The van der Waals surface area contributed by atoms with Crippen LogP contribution in [-0.4, -0.2) is 35.5 Å². The lowest BCUT2D eigenvalue weighted by Gasteiger charge is -2.22. The molecule has 1 fully saturated rings. The fourth-order valence-electron chi connectivity index (χ4n) is 2.38. The number of hydrogen-bond donors (Lipinski definition) is 1. The highest BCUT2D eigenvalue weighted by Gasteiger charge is 2.35. The van der Waals surface area contributed by atoms with Crippen LogP contribution < -0.4 is 0 Å². The van der Waals surface area contributed by atoms with E-state index in [0.717, 1.165) is 13.0 Å². The second-order valence-corrected chi connectivity index (χ2v) is 5.16. The SMILES string of the molecule is CC(C)CN(C)C(=O)C1CCC(C(=O)O)C1. The lowest BCUT2D eigenvalue weighted by molar-refractivity contribution is -0.141. The van der Waals surface area contributed by atoms with Gasteiger partial charge in [0.2, 0.25) is 5.91 Å². The Balaban J connectivity index is 2.47. The molecule has 0 spiro atoms. The molecule has 2 atom stereocenters. The van der Waals surface area contributed by atoms with Gasteiger partial charge < -0.3 is 10.0 Å². The second kappa shape index (κ2) is 5.32. The minimum atomic E-state index is -0.762. The van der Waals surface area contributed by atoms with Crippen molar-refractivity contribution < 1.29 is 14.7 Å². The van der Waals surface area contributed by atoms with Crippen LogP contribution in [0.15, 0.2) is 0 Å². The lowest BCUT2D eigenvalue weighted by Crippen LogP contribution is -2.34. The maximum absolute atomic E-state index is 12.0. The smallest absolute Gasteiger partial charge is 0.306 e. The molecular formula is C12H21NO3. The summed E-state index contributed by atoms with van der Waals surface area (Å²) in [7, 11) is 1.80. The molecule has 0 saturated heterocycles. The van der Waals surface area contributed by atoms with Crippen LogP contribution in [0.25, 0.3) is 0 Å². The molecule has 0 bridgehead atoms. The average Bonchev–Trinajstić information content (AvgIpc) is 2.64. The van der Waals surface area contributed by atoms with Crippen molar-refractivity contribution in [2.24, 2.45) is 17.8 Å². The van der Waals surface area contributed by atoms with Crippen molar-refractivity contribution in [1.29, 1.82) is 0 Å². The minimum Gasteiger partial charge on any atom is -0.481 e. The number of amides is 1. The van der Waals surface area contributed by atoms with Crippen LogP contribution >= 0.6 is 0 Å². The number of carboxylic acids is 1. The van der Waals surface area contributed by atoms with Crippen LogP contribution in [0, 0.1) is 17.8 Å². The van der Waals surface area contributed by atoms with Crippen molar-refractivity contribution in [1.82, 2.24) is 4.90 Å². The molecule has 1 amide bonds. The zero-order chi connectivity index (χ0) is 12.3. The van der Waals surface area contributed by atoms with Gasteiger partial charge in [-0.1, -0.05) is 13.8 Å². The topological polar surface area (TPSA) is 57.6 Å². The molecule has 16 heavy (non-hydrogen) atoms. The minimum absolute atomic E-state index is 0.0788. The van der Waals surface area contributed by atoms with Crippen LogP contribution in [0.4, 0.5) is 0 Å². The van der Waals surface area contributed by atoms with E-state index in [-0.39, 0.29) is 17.7 Å². The van der Waals surface area contributed by atoms with Crippen LogP contribution in [0.3, 0.4) is 0 Å². The van der Waals surface area contributed by atoms with E-state index in [1.165, 1.54) is 0 Å².